The highest BCUT2D eigenvalue weighted by atomic mass is 35.5. The summed E-state index contributed by atoms with van der Waals surface area (Å²) < 4.78 is 1.18. The lowest BCUT2D eigenvalue weighted by molar-refractivity contribution is -0.129. The first-order valence-corrected chi connectivity index (χ1v) is 11.7. The fraction of sp³-hybridized carbons (Fsp3) is 0.286. The largest absolute Gasteiger partial charge is 0.338 e. The molecule has 3 aromatic rings. The second-order valence-corrected chi connectivity index (χ2v) is 9.29. The van der Waals surface area contributed by atoms with Gasteiger partial charge >= 0.3 is 0 Å². The lowest BCUT2D eigenvalue weighted by Crippen LogP contribution is -2.51. The minimum atomic E-state index is -0.0148. The topological polar surface area (TPSA) is 53.5 Å². The molecule has 2 aromatic carbocycles. The van der Waals surface area contributed by atoms with Crippen molar-refractivity contribution in [2.24, 2.45) is 0 Å². The molecule has 1 fully saturated rings. The van der Waals surface area contributed by atoms with Gasteiger partial charge in [0.2, 0.25) is 5.91 Å². The first kappa shape index (κ1) is 20.2. The van der Waals surface area contributed by atoms with Crippen LogP contribution in [-0.4, -0.2) is 58.5 Å². The van der Waals surface area contributed by atoms with Crippen molar-refractivity contribution in [3.05, 3.63) is 64.1 Å². The van der Waals surface area contributed by atoms with E-state index in [2.05, 4.69) is 11.1 Å². The molecule has 1 aliphatic heterocycles. The van der Waals surface area contributed by atoms with Gasteiger partial charge in [-0.05, 0) is 36.4 Å². The van der Waals surface area contributed by atoms with Crippen LogP contribution in [0.15, 0.2) is 48.5 Å². The summed E-state index contributed by atoms with van der Waals surface area (Å²) in [5.41, 5.74) is 1.64. The number of thiazole rings is 1. The average Bonchev–Trinajstić information content (AvgIpc) is 3.16. The normalized spacial score (nSPS) is 14.4. The molecule has 0 radical (unpaired) electrons. The van der Waals surface area contributed by atoms with Gasteiger partial charge in [0.05, 0.1) is 16.0 Å². The molecule has 1 aliphatic rings. The van der Waals surface area contributed by atoms with Crippen LogP contribution in [0.1, 0.15) is 15.4 Å². The third kappa shape index (κ3) is 4.91. The van der Waals surface area contributed by atoms with Gasteiger partial charge in [-0.3, -0.25) is 9.59 Å². The zero-order valence-corrected chi connectivity index (χ0v) is 18.1. The zero-order valence-electron chi connectivity index (χ0n) is 15.7. The molecule has 150 valence electrons. The summed E-state index contributed by atoms with van der Waals surface area (Å²) in [6.07, 6.45) is 0. The summed E-state index contributed by atoms with van der Waals surface area (Å²) in [4.78, 5) is 33.3. The Kier molecular flexibility index (Phi) is 6.37. The van der Waals surface area contributed by atoms with E-state index >= 15 is 0 Å². The monoisotopic (exact) mass is 445 g/mol. The zero-order chi connectivity index (χ0) is 20.2. The van der Waals surface area contributed by atoms with Crippen molar-refractivity contribution in [3.63, 3.8) is 0 Å². The summed E-state index contributed by atoms with van der Waals surface area (Å²) in [7, 11) is 0. The lowest BCUT2D eigenvalue weighted by Gasteiger charge is -2.34. The maximum absolute atomic E-state index is 12.6. The molecule has 1 saturated heterocycles. The number of aromatic nitrogens is 1. The number of hydrogen-bond donors (Lipinski definition) is 0. The van der Waals surface area contributed by atoms with Crippen LogP contribution in [0.3, 0.4) is 0 Å². The first-order valence-electron chi connectivity index (χ1n) is 9.35. The fourth-order valence-electron chi connectivity index (χ4n) is 3.23. The van der Waals surface area contributed by atoms with Gasteiger partial charge < -0.3 is 9.80 Å². The van der Waals surface area contributed by atoms with Gasteiger partial charge in [-0.1, -0.05) is 23.7 Å². The van der Waals surface area contributed by atoms with E-state index in [-0.39, 0.29) is 11.8 Å². The Morgan fingerprint density at radius 1 is 1.00 bits per heavy atom. The van der Waals surface area contributed by atoms with Crippen LogP contribution in [-0.2, 0) is 10.5 Å². The third-order valence-electron chi connectivity index (χ3n) is 4.80. The minimum absolute atomic E-state index is 0.0148. The van der Waals surface area contributed by atoms with Crippen LogP contribution in [0, 0.1) is 0 Å². The molecule has 2 heterocycles. The molecular weight excluding hydrogens is 426 g/mol. The van der Waals surface area contributed by atoms with Crippen molar-refractivity contribution in [1.29, 1.82) is 0 Å². The Bertz CT molecular complexity index is 981. The van der Waals surface area contributed by atoms with Gasteiger partial charge in [-0.25, -0.2) is 4.98 Å². The maximum Gasteiger partial charge on any atom is 0.253 e. The number of para-hydroxylation sites is 1. The summed E-state index contributed by atoms with van der Waals surface area (Å²) >= 11 is 9.15. The standard InChI is InChI=1S/C21H20ClN3O2S2/c22-16-7-5-15(6-8-16)21(27)25-11-9-24(10-12-25)20(26)14-28-13-19-23-17-3-1-2-4-18(17)29-19/h1-8H,9-14H2. The summed E-state index contributed by atoms with van der Waals surface area (Å²) in [5, 5.41) is 1.66. The number of benzene rings is 2. The predicted molar refractivity (Wildman–Crippen MR) is 120 cm³/mol. The van der Waals surface area contributed by atoms with E-state index in [0.717, 1.165) is 16.3 Å². The molecule has 0 spiro atoms. The molecule has 29 heavy (non-hydrogen) atoms. The highest BCUT2D eigenvalue weighted by molar-refractivity contribution is 7.99. The molecule has 0 atom stereocenters. The highest BCUT2D eigenvalue weighted by Crippen LogP contribution is 2.25. The van der Waals surface area contributed by atoms with Gasteiger partial charge in [0.1, 0.15) is 5.01 Å². The van der Waals surface area contributed by atoms with E-state index in [0.29, 0.717) is 42.5 Å². The number of carbonyl (C=O) groups is 2. The SMILES string of the molecule is O=C(CSCc1nc2ccccc2s1)N1CCN(C(=O)c2ccc(Cl)cc2)CC1. The van der Waals surface area contributed by atoms with Crippen molar-refractivity contribution in [2.75, 3.05) is 31.9 Å². The van der Waals surface area contributed by atoms with Crippen molar-refractivity contribution >= 4 is 56.7 Å². The first-order chi connectivity index (χ1) is 14.1. The number of hydrogen-bond acceptors (Lipinski definition) is 5. The number of nitrogens with zero attached hydrogens (tertiary/aromatic N) is 3. The molecule has 0 unspecified atom stereocenters. The Morgan fingerprint density at radius 3 is 2.41 bits per heavy atom. The Balaban J connectivity index is 1.23. The molecule has 0 aliphatic carbocycles. The Hall–Kier alpha value is -2.09. The van der Waals surface area contributed by atoms with E-state index < -0.39 is 0 Å². The molecule has 1 aromatic heterocycles. The minimum Gasteiger partial charge on any atom is -0.338 e. The van der Waals surface area contributed by atoms with E-state index in [1.165, 1.54) is 4.70 Å². The van der Waals surface area contributed by atoms with Gasteiger partial charge in [0.25, 0.3) is 5.91 Å². The molecule has 0 saturated carbocycles. The van der Waals surface area contributed by atoms with Crippen LogP contribution in [0.4, 0.5) is 0 Å². The van der Waals surface area contributed by atoms with Crippen molar-refractivity contribution in [2.45, 2.75) is 5.75 Å². The van der Waals surface area contributed by atoms with Gasteiger partial charge in [-0.2, -0.15) is 0 Å². The molecular formula is C21H20ClN3O2S2. The van der Waals surface area contributed by atoms with Crippen LogP contribution in [0.25, 0.3) is 10.2 Å². The Morgan fingerprint density at radius 2 is 1.69 bits per heavy atom. The number of halogens is 1. The predicted octanol–water partition coefficient (Wildman–Crippen LogP) is 4.17. The fourth-order valence-corrected chi connectivity index (χ4v) is 5.31. The smallest absolute Gasteiger partial charge is 0.253 e. The second kappa shape index (κ2) is 9.15. The van der Waals surface area contributed by atoms with E-state index in [9.17, 15) is 9.59 Å². The van der Waals surface area contributed by atoms with Gasteiger partial charge in [0.15, 0.2) is 0 Å². The molecule has 0 N–H and O–H groups in total. The van der Waals surface area contributed by atoms with E-state index in [1.54, 1.807) is 52.3 Å². The maximum atomic E-state index is 12.6. The molecule has 0 bridgehead atoms. The number of fused-ring (bicyclic) bond motifs is 1. The lowest BCUT2D eigenvalue weighted by atomic mass is 10.2. The van der Waals surface area contributed by atoms with Gasteiger partial charge in [0, 0.05) is 42.5 Å². The number of amides is 2. The quantitative estimate of drug-likeness (QED) is 0.591. The Labute approximate surface area is 182 Å². The highest BCUT2D eigenvalue weighted by Gasteiger charge is 2.24. The summed E-state index contributed by atoms with van der Waals surface area (Å²) in [6, 6.07) is 15.0. The van der Waals surface area contributed by atoms with E-state index in [1.807, 2.05) is 23.1 Å². The molecule has 2 amide bonds. The van der Waals surface area contributed by atoms with Crippen LogP contribution < -0.4 is 0 Å². The van der Waals surface area contributed by atoms with Gasteiger partial charge in [-0.15, -0.1) is 23.1 Å². The van der Waals surface area contributed by atoms with E-state index in [4.69, 9.17) is 11.6 Å². The second-order valence-electron chi connectivity index (χ2n) is 6.75. The summed E-state index contributed by atoms with van der Waals surface area (Å²) in [5.74, 6) is 1.27. The summed E-state index contributed by atoms with van der Waals surface area (Å²) in [6.45, 7) is 2.24. The van der Waals surface area contributed by atoms with Crippen molar-refractivity contribution < 1.29 is 9.59 Å². The number of carbonyl (C=O) groups excluding carboxylic acids is 2. The molecule has 8 heteroatoms. The number of piperazine rings is 1. The number of thioether (sulfide) groups is 1. The average molecular weight is 446 g/mol. The van der Waals surface area contributed by atoms with Crippen LogP contribution >= 0.6 is 34.7 Å². The van der Waals surface area contributed by atoms with Crippen molar-refractivity contribution in [1.82, 2.24) is 14.8 Å². The molecule has 5 nitrogen and oxygen atoms in total. The number of rotatable bonds is 5. The van der Waals surface area contributed by atoms with Crippen LogP contribution in [0.5, 0.6) is 0 Å². The van der Waals surface area contributed by atoms with Crippen LogP contribution in [0.2, 0.25) is 5.02 Å². The molecule has 4 rings (SSSR count). The third-order valence-corrected chi connectivity index (χ3v) is 7.20. The van der Waals surface area contributed by atoms with Crippen molar-refractivity contribution in [3.8, 4) is 0 Å².